The third-order valence-corrected chi connectivity index (χ3v) is 4.18. The van der Waals surface area contributed by atoms with Crippen molar-refractivity contribution in [2.45, 2.75) is 58.8 Å². The maximum atomic E-state index is 6.05. The quantitative estimate of drug-likeness (QED) is 0.868. The smallest absolute Gasteiger partial charge is 0.0720 e. The van der Waals surface area contributed by atoms with E-state index in [2.05, 4.69) is 43.4 Å². The molecule has 1 aliphatic carbocycles. The van der Waals surface area contributed by atoms with E-state index in [0.717, 1.165) is 13.2 Å². The van der Waals surface area contributed by atoms with Gasteiger partial charge in [-0.05, 0) is 49.3 Å². The van der Waals surface area contributed by atoms with Crippen LogP contribution >= 0.6 is 0 Å². The Labute approximate surface area is 117 Å². The molecule has 0 atom stereocenters. The SMILES string of the molecule is CNCc1ccc(COC2CCC(C)(C)CC2)cc1. The van der Waals surface area contributed by atoms with Gasteiger partial charge < -0.3 is 10.1 Å². The van der Waals surface area contributed by atoms with Gasteiger partial charge in [-0.1, -0.05) is 38.1 Å². The fourth-order valence-corrected chi connectivity index (χ4v) is 2.71. The van der Waals surface area contributed by atoms with Gasteiger partial charge in [0.1, 0.15) is 0 Å². The minimum atomic E-state index is 0.463. The van der Waals surface area contributed by atoms with Gasteiger partial charge in [0.2, 0.25) is 0 Å². The zero-order valence-electron chi connectivity index (χ0n) is 12.5. The first-order valence-electron chi connectivity index (χ1n) is 7.43. The average Bonchev–Trinajstić information content (AvgIpc) is 2.40. The lowest BCUT2D eigenvalue weighted by Crippen LogP contribution is -2.26. The van der Waals surface area contributed by atoms with Crippen molar-refractivity contribution >= 4 is 0 Å². The molecule has 0 unspecified atom stereocenters. The van der Waals surface area contributed by atoms with E-state index in [1.54, 1.807) is 0 Å². The van der Waals surface area contributed by atoms with Crippen LogP contribution in [0.1, 0.15) is 50.7 Å². The standard InChI is InChI=1S/C17H27NO/c1-17(2)10-8-16(9-11-17)19-13-15-6-4-14(5-7-15)12-18-3/h4-7,16,18H,8-13H2,1-3H3. The molecular formula is C17H27NO. The normalized spacial score (nSPS) is 19.5. The molecule has 0 aliphatic heterocycles. The summed E-state index contributed by atoms with van der Waals surface area (Å²) in [6, 6.07) is 8.72. The molecule has 106 valence electrons. The van der Waals surface area contributed by atoms with Gasteiger partial charge in [0.15, 0.2) is 0 Å². The van der Waals surface area contributed by atoms with Gasteiger partial charge in [-0.2, -0.15) is 0 Å². The van der Waals surface area contributed by atoms with E-state index >= 15 is 0 Å². The maximum absolute atomic E-state index is 6.05. The van der Waals surface area contributed by atoms with E-state index in [-0.39, 0.29) is 0 Å². The Bertz CT molecular complexity index is 373. The van der Waals surface area contributed by atoms with E-state index in [4.69, 9.17) is 4.74 Å². The second-order valence-electron chi connectivity index (χ2n) is 6.52. The van der Waals surface area contributed by atoms with Crippen LogP contribution in [-0.2, 0) is 17.9 Å². The molecule has 0 heterocycles. The molecule has 0 radical (unpaired) electrons. The third kappa shape index (κ3) is 4.63. The highest BCUT2D eigenvalue weighted by Gasteiger charge is 2.26. The number of benzene rings is 1. The summed E-state index contributed by atoms with van der Waals surface area (Å²) in [5.74, 6) is 0. The van der Waals surface area contributed by atoms with Crippen LogP contribution in [0.2, 0.25) is 0 Å². The van der Waals surface area contributed by atoms with Gasteiger partial charge in [0.05, 0.1) is 12.7 Å². The molecule has 0 aromatic heterocycles. The molecule has 0 spiro atoms. The van der Waals surface area contributed by atoms with Crippen LogP contribution in [0.5, 0.6) is 0 Å². The molecule has 1 aliphatic rings. The van der Waals surface area contributed by atoms with Gasteiger partial charge in [0.25, 0.3) is 0 Å². The van der Waals surface area contributed by atoms with Crippen LogP contribution in [0.25, 0.3) is 0 Å². The molecule has 0 saturated heterocycles. The first kappa shape index (κ1) is 14.5. The molecule has 0 amide bonds. The molecule has 2 heteroatoms. The number of hydrogen-bond acceptors (Lipinski definition) is 2. The number of hydrogen-bond donors (Lipinski definition) is 1. The van der Waals surface area contributed by atoms with Crippen molar-refractivity contribution in [2.24, 2.45) is 5.41 Å². The molecule has 19 heavy (non-hydrogen) atoms. The number of ether oxygens (including phenoxy) is 1. The lowest BCUT2D eigenvalue weighted by Gasteiger charge is -2.34. The van der Waals surface area contributed by atoms with Crippen molar-refractivity contribution in [2.75, 3.05) is 7.05 Å². The van der Waals surface area contributed by atoms with Gasteiger partial charge in [-0.3, -0.25) is 0 Å². The van der Waals surface area contributed by atoms with Gasteiger partial charge in [0, 0.05) is 6.54 Å². The highest BCUT2D eigenvalue weighted by molar-refractivity contribution is 5.21. The van der Waals surface area contributed by atoms with Crippen LogP contribution < -0.4 is 5.32 Å². The zero-order valence-corrected chi connectivity index (χ0v) is 12.5. The monoisotopic (exact) mass is 261 g/mol. The molecule has 2 rings (SSSR count). The first-order valence-corrected chi connectivity index (χ1v) is 7.43. The predicted molar refractivity (Wildman–Crippen MR) is 80.0 cm³/mol. The zero-order chi connectivity index (χ0) is 13.7. The Morgan fingerprint density at radius 3 is 2.26 bits per heavy atom. The average molecular weight is 261 g/mol. The fraction of sp³-hybridized carbons (Fsp3) is 0.647. The third-order valence-electron chi connectivity index (χ3n) is 4.18. The maximum Gasteiger partial charge on any atom is 0.0720 e. The summed E-state index contributed by atoms with van der Waals surface area (Å²) in [5, 5.41) is 3.16. The van der Waals surface area contributed by atoms with Crippen molar-refractivity contribution in [3.63, 3.8) is 0 Å². The largest absolute Gasteiger partial charge is 0.374 e. The minimum absolute atomic E-state index is 0.463. The lowest BCUT2D eigenvalue weighted by atomic mass is 9.76. The van der Waals surface area contributed by atoms with Crippen LogP contribution in [0.15, 0.2) is 24.3 Å². The lowest BCUT2D eigenvalue weighted by molar-refractivity contribution is -0.00558. The topological polar surface area (TPSA) is 21.3 Å². The molecular weight excluding hydrogens is 234 g/mol. The fourth-order valence-electron chi connectivity index (χ4n) is 2.71. The molecule has 1 saturated carbocycles. The molecule has 1 N–H and O–H groups in total. The highest BCUT2D eigenvalue weighted by atomic mass is 16.5. The van der Waals surface area contributed by atoms with Gasteiger partial charge in [-0.15, -0.1) is 0 Å². The van der Waals surface area contributed by atoms with E-state index in [1.165, 1.54) is 36.8 Å². The van der Waals surface area contributed by atoms with Crippen molar-refractivity contribution < 1.29 is 4.74 Å². The highest BCUT2D eigenvalue weighted by Crippen LogP contribution is 2.36. The van der Waals surface area contributed by atoms with E-state index in [0.29, 0.717) is 11.5 Å². The molecule has 1 fully saturated rings. The summed E-state index contributed by atoms with van der Waals surface area (Å²) < 4.78 is 6.05. The Hall–Kier alpha value is -0.860. The summed E-state index contributed by atoms with van der Waals surface area (Å²) in [6.45, 7) is 6.41. The van der Waals surface area contributed by atoms with Crippen molar-refractivity contribution in [1.29, 1.82) is 0 Å². The molecule has 2 nitrogen and oxygen atoms in total. The van der Waals surface area contributed by atoms with Crippen LogP contribution in [-0.4, -0.2) is 13.2 Å². The van der Waals surface area contributed by atoms with Gasteiger partial charge >= 0.3 is 0 Å². The van der Waals surface area contributed by atoms with Crippen molar-refractivity contribution in [3.8, 4) is 0 Å². The Morgan fingerprint density at radius 2 is 1.68 bits per heavy atom. The van der Waals surface area contributed by atoms with E-state index < -0.39 is 0 Å². The van der Waals surface area contributed by atoms with Crippen molar-refractivity contribution in [1.82, 2.24) is 5.32 Å². The first-order chi connectivity index (χ1) is 9.09. The van der Waals surface area contributed by atoms with Gasteiger partial charge in [-0.25, -0.2) is 0 Å². The molecule has 0 bridgehead atoms. The Morgan fingerprint density at radius 1 is 1.11 bits per heavy atom. The second kappa shape index (κ2) is 6.53. The Balaban J connectivity index is 1.76. The summed E-state index contributed by atoms with van der Waals surface area (Å²) in [6.07, 6.45) is 5.47. The van der Waals surface area contributed by atoms with Crippen LogP contribution in [0, 0.1) is 5.41 Å². The molecule has 1 aromatic carbocycles. The Kier molecular flexibility index (Phi) is 5.00. The summed E-state index contributed by atoms with van der Waals surface area (Å²) in [7, 11) is 1.97. The predicted octanol–water partition coefficient (Wildman–Crippen LogP) is 3.89. The van der Waals surface area contributed by atoms with Crippen molar-refractivity contribution in [3.05, 3.63) is 35.4 Å². The van der Waals surface area contributed by atoms with E-state index in [1.807, 2.05) is 7.05 Å². The summed E-state index contributed by atoms with van der Waals surface area (Å²) in [5.41, 5.74) is 3.13. The van der Waals surface area contributed by atoms with Crippen LogP contribution in [0.3, 0.4) is 0 Å². The van der Waals surface area contributed by atoms with E-state index in [9.17, 15) is 0 Å². The number of nitrogens with one attached hydrogen (secondary N) is 1. The molecule has 1 aromatic rings. The summed E-state index contributed by atoms with van der Waals surface area (Å²) in [4.78, 5) is 0. The number of rotatable bonds is 5. The van der Waals surface area contributed by atoms with Crippen LogP contribution in [0.4, 0.5) is 0 Å². The summed E-state index contributed by atoms with van der Waals surface area (Å²) >= 11 is 0. The second-order valence-corrected chi connectivity index (χ2v) is 6.52. The minimum Gasteiger partial charge on any atom is -0.374 e.